The molecule has 100 valence electrons. The van der Waals surface area contributed by atoms with Crippen molar-refractivity contribution < 1.29 is 9.53 Å². The molecule has 1 unspecified atom stereocenters. The average molecular weight is 250 g/mol. The van der Waals surface area contributed by atoms with Crippen molar-refractivity contribution in [2.24, 2.45) is 5.73 Å². The van der Waals surface area contributed by atoms with Crippen LogP contribution in [0.4, 0.5) is 0 Å². The highest BCUT2D eigenvalue weighted by atomic mass is 16.5. The molecule has 0 bridgehead atoms. The van der Waals surface area contributed by atoms with E-state index < -0.39 is 5.91 Å². The molecule has 0 aliphatic rings. The zero-order chi connectivity index (χ0) is 13.5. The summed E-state index contributed by atoms with van der Waals surface area (Å²) in [7, 11) is 0. The molecule has 0 aromatic heterocycles. The quantitative estimate of drug-likeness (QED) is 0.777. The molecule has 1 amide bonds. The Morgan fingerprint density at radius 1 is 1.50 bits per heavy atom. The summed E-state index contributed by atoms with van der Waals surface area (Å²) in [6.45, 7) is 7.06. The van der Waals surface area contributed by atoms with Gasteiger partial charge in [-0.15, -0.1) is 0 Å². The predicted octanol–water partition coefficient (Wildman–Crippen LogP) is 1.92. The van der Waals surface area contributed by atoms with Gasteiger partial charge in [-0.3, -0.25) is 4.79 Å². The molecular weight excluding hydrogens is 228 g/mol. The largest absolute Gasteiger partial charge is 0.483 e. The number of hydrogen-bond donors (Lipinski definition) is 2. The number of aryl methyl sites for hydroxylation is 1. The molecule has 0 aliphatic carbocycles. The molecule has 0 saturated carbocycles. The van der Waals surface area contributed by atoms with E-state index in [4.69, 9.17) is 10.5 Å². The van der Waals surface area contributed by atoms with Gasteiger partial charge in [0.1, 0.15) is 5.75 Å². The maximum atomic E-state index is 10.8. The van der Waals surface area contributed by atoms with Gasteiger partial charge in [0.2, 0.25) is 0 Å². The first-order valence-corrected chi connectivity index (χ1v) is 6.29. The standard InChI is InChI=1S/C14H22N2O2/c1-4-7-16-11(3)12-6-5-10(2)8-13(12)18-9-14(15)17/h5-6,8,11,16H,4,7,9H2,1-3H3,(H2,15,17). The van der Waals surface area contributed by atoms with E-state index >= 15 is 0 Å². The van der Waals surface area contributed by atoms with Gasteiger partial charge in [-0.25, -0.2) is 0 Å². The number of ether oxygens (including phenoxy) is 1. The predicted molar refractivity (Wildman–Crippen MR) is 72.6 cm³/mol. The van der Waals surface area contributed by atoms with Crippen LogP contribution in [0.2, 0.25) is 0 Å². The molecule has 18 heavy (non-hydrogen) atoms. The van der Waals surface area contributed by atoms with Gasteiger partial charge in [0, 0.05) is 11.6 Å². The van der Waals surface area contributed by atoms with Crippen LogP contribution < -0.4 is 15.8 Å². The van der Waals surface area contributed by atoms with Gasteiger partial charge in [0.25, 0.3) is 5.91 Å². The fourth-order valence-electron chi connectivity index (χ4n) is 1.74. The lowest BCUT2D eigenvalue weighted by Crippen LogP contribution is -2.23. The summed E-state index contributed by atoms with van der Waals surface area (Å²) in [5.74, 6) is 0.265. The van der Waals surface area contributed by atoms with Gasteiger partial charge in [-0.05, 0) is 38.4 Å². The number of carbonyl (C=O) groups is 1. The van der Waals surface area contributed by atoms with Crippen LogP contribution in [0.25, 0.3) is 0 Å². The van der Waals surface area contributed by atoms with E-state index in [-0.39, 0.29) is 12.6 Å². The van der Waals surface area contributed by atoms with Crippen molar-refractivity contribution in [2.45, 2.75) is 33.2 Å². The maximum Gasteiger partial charge on any atom is 0.255 e. The van der Waals surface area contributed by atoms with E-state index in [1.807, 2.05) is 25.1 Å². The molecular formula is C14H22N2O2. The lowest BCUT2D eigenvalue weighted by Gasteiger charge is -2.18. The number of hydrogen-bond acceptors (Lipinski definition) is 3. The lowest BCUT2D eigenvalue weighted by atomic mass is 10.0. The first-order chi connectivity index (χ1) is 8.54. The van der Waals surface area contributed by atoms with Crippen molar-refractivity contribution in [3.05, 3.63) is 29.3 Å². The SMILES string of the molecule is CCCNC(C)c1ccc(C)cc1OCC(N)=O. The van der Waals surface area contributed by atoms with Gasteiger partial charge >= 0.3 is 0 Å². The molecule has 1 aromatic rings. The molecule has 0 radical (unpaired) electrons. The van der Waals surface area contributed by atoms with E-state index in [0.717, 1.165) is 29.8 Å². The molecule has 0 spiro atoms. The fraction of sp³-hybridized carbons (Fsp3) is 0.500. The van der Waals surface area contributed by atoms with Crippen LogP contribution in [0.1, 0.15) is 37.4 Å². The van der Waals surface area contributed by atoms with Crippen LogP contribution in [-0.2, 0) is 4.79 Å². The molecule has 4 nitrogen and oxygen atoms in total. The highest BCUT2D eigenvalue weighted by Crippen LogP contribution is 2.26. The summed E-state index contributed by atoms with van der Waals surface area (Å²) in [6, 6.07) is 6.19. The molecule has 1 rings (SSSR count). The van der Waals surface area contributed by atoms with Gasteiger partial charge in [-0.2, -0.15) is 0 Å². The third kappa shape index (κ3) is 4.37. The second kappa shape index (κ2) is 7.01. The Hall–Kier alpha value is -1.55. The summed E-state index contributed by atoms with van der Waals surface area (Å²) in [5.41, 5.74) is 7.25. The molecule has 4 heteroatoms. The average Bonchev–Trinajstić information content (AvgIpc) is 2.33. The number of amides is 1. The Morgan fingerprint density at radius 3 is 2.83 bits per heavy atom. The first-order valence-electron chi connectivity index (χ1n) is 6.29. The Morgan fingerprint density at radius 2 is 2.22 bits per heavy atom. The van der Waals surface area contributed by atoms with E-state index in [9.17, 15) is 4.79 Å². The Bertz CT molecular complexity index is 405. The zero-order valence-corrected chi connectivity index (χ0v) is 11.3. The lowest BCUT2D eigenvalue weighted by molar-refractivity contribution is -0.119. The minimum Gasteiger partial charge on any atom is -0.483 e. The molecule has 1 atom stereocenters. The van der Waals surface area contributed by atoms with Gasteiger partial charge in [0.15, 0.2) is 6.61 Å². The number of nitrogens with one attached hydrogen (secondary N) is 1. The molecule has 0 heterocycles. The molecule has 0 saturated heterocycles. The summed E-state index contributed by atoms with van der Waals surface area (Å²) in [4.78, 5) is 10.8. The minimum atomic E-state index is -0.461. The summed E-state index contributed by atoms with van der Waals surface area (Å²) < 4.78 is 5.47. The third-order valence-electron chi connectivity index (χ3n) is 2.71. The summed E-state index contributed by atoms with van der Waals surface area (Å²) in [6.07, 6.45) is 1.08. The van der Waals surface area contributed by atoms with E-state index in [0.29, 0.717) is 0 Å². The highest BCUT2D eigenvalue weighted by molar-refractivity contribution is 5.75. The monoisotopic (exact) mass is 250 g/mol. The van der Waals surface area contributed by atoms with E-state index in [1.54, 1.807) is 0 Å². The van der Waals surface area contributed by atoms with Gasteiger partial charge < -0.3 is 15.8 Å². The summed E-state index contributed by atoms with van der Waals surface area (Å²) >= 11 is 0. The maximum absolute atomic E-state index is 10.8. The van der Waals surface area contributed by atoms with E-state index in [1.165, 1.54) is 0 Å². The third-order valence-corrected chi connectivity index (χ3v) is 2.71. The van der Waals surface area contributed by atoms with Crippen molar-refractivity contribution in [1.29, 1.82) is 0 Å². The number of rotatable bonds is 7. The number of benzene rings is 1. The van der Waals surface area contributed by atoms with Crippen LogP contribution in [0, 0.1) is 6.92 Å². The van der Waals surface area contributed by atoms with Crippen molar-refractivity contribution >= 4 is 5.91 Å². The minimum absolute atomic E-state index is 0.0864. The fourth-order valence-corrected chi connectivity index (χ4v) is 1.74. The van der Waals surface area contributed by atoms with Crippen molar-refractivity contribution in [3.63, 3.8) is 0 Å². The normalized spacial score (nSPS) is 12.2. The first kappa shape index (κ1) is 14.5. The van der Waals surface area contributed by atoms with E-state index in [2.05, 4.69) is 19.2 Å². The Labute approximate surface area is 109 Å². The smallest absolute Gasteiger partial charge is 0.255 e. The number of primary amides is 1. The Balaban J connectivity index is 2.84. The molecule has 1 aromatic carbocycles. The topological polar surface area (TPSA) is 64.3 Å². The molecule has 3 N–H and O–H groups in total. The number of carbonyl (C=O) groups excluding carboxylic acids is 1. The Kier molecular flexibility index (Phi) is 5.65. The van der Waals surface area contributed by atoms with Crippen LogP contribution >= 0.6 is 0 Å². The second-order valence-electron chi connectivity index (χ2n) is 4.47. The second-order valence-corrected chi connectivity index (χ2v) is 4.47. The van der Waals surface area contributed by atoms with Crippen LogP contribution in [0.5, 0.6) is 5.75 Å². The zero-order valence-electron chi connectivity index (χ0n) is 11.3. The van der Waals surface area contributed by atoms with Crippen LogP contribution in [0.3, 0.4) is 0 Å². The van der Waals surface area contributed by atoms with Crippen molar-refractivity contribution in [2.75, 3.05) is 13.2 Å². The summed E-state index contributed by atoms with van der Waals surface area (Å²) in [5, 5.41) is 3.40. The molecule has 0 fully saturated rings. The van der Waals surface area contributed by atoms with Crippen LogP contribution in [-0.4, -0.2) is 19.1 Å². The van der Waals surface area contributed by atoms with Gasteiger partial charge in [-0.1, -0.05) is 19.1 Å². The van der Waals surface area contributed by atoms with Gasteiger partial charge in [0.05, 0.1) is 0 Å². The van der Waals surface area contributed by atoms with Crippen molar-refractivity contribution in [1.82, 2.24) is 5.32 Å². The molecule has 0 aliphatic heterocycles. The number of nitrogens with two attached hydrogens (primary N) is 1. The van der Waals surface area contributed by atoms with Crippen molar-refractivity contribution in [3.8, 4) is 5.75 Å². The van der Waals surface area contributed by atoms with Crippen LogP contribution in [0.15, 0.2) is 18.2 Å². The highest BCUT2D eigenvalue weighted by Gasteiger charge is 2.12.